The molecule has 4 nitrogen and oxygen atoms in total. The molecule has 0 aromatic heterocycles. The molecule has 0 aromatic rings. The van der Waals surface area contributed by atoms with Gasteiger partial charge in [-0.3, -0.25) is 4.79 Å². The fourth-order valence-corrected chi connectivity index (χ4v) is 1.27. The Kier molecular flexibility index (Phi) is 8.33. The first-order chi connectivity index (χ1) is 7.13. The molecular formula is C11H22O4. The third kappa shape index (κ3) is 7.33. The monoisotopic (exact) mass is 218 g/mol. The van der Waals surface area contributed by atoms with Crippen LogP contribution in [0, 0.1) is 0 Å². The van der Waals surface area contributed by atoms with Crippen LogP contribution in [0.25, 0.3) is 0 Å². The van der Waals surface area contributed by atoms with Crippen LogP contribution in [0.2, 0.25) is 0 Å². The topological polar surface area (TPSA) is 55.8 Å². The van der Waals surface area contributed by atoms with Crippen LogP contribution in [0.5, 0.6) is 0 Å². The maximum Gasteiger partial charge on any atom is 0.308 e. The van der Waals surface area contributed by atoms with E-state index in [9.17, 15) is 4.79 Å². The highest BCUT2D eigenvalue weighted by molar-refractivity contribution is 5.69. The quantitative estimate of drug-likeness (QED) is 0.627. The molecule has 0 saturated heterocycles. The maximum absolute atomic E-state index is 11.2. The van der Waals surface area contributed by atoms with Gasteiger partial charge in [0.2, 0.25) is 0 Å². The number of carbonyl (C=O) groups excluding carboxylic acids is 1. The molecule has 1 N–H and O–H groups in total. The second-order valence-electron chi connectivity index (χ2n) is 3.50. The largest absolute Gasteiger partial charge is 0.466 e. The summed E-state index contributed by atoms with van der Waals surface area (Å²) in [6.07, 6.45) is 1.54. The van der Waals surface area contributed by atoms with Crippen LogP contribution in [0.15, 0.2) is 0 Å². The van der Waals surface area contributed by atoms with Crippen molar-refractivity contribution < 1.29 is 19.4 Å². The van der Waals surface area contributed by atoms with Crippen molar-refractivity contribution in [3.8, 4) is 0 Å². The summed E-state index contributed by atoms with van der Waals surface area (Å²) in [7, 11) is 0. The van der Waals surface area contributed by atoms with Crippen molar-refractivity contribution in [3.05, 3.63) is 0 Å². The summed E-state index contributed by atoms with van der Waals surface area (Å²) in [5.41, 5.74) is 0. The van der Waals surface area contributed by atoms with E-state index >= 15 is 0 Å². The minimum absolute atomic E-state index is 0.0191. The van der Waals surface area contributed by atoms with Gasteiger partial charge in [0.05, 0.1) is 25.2 Å². The molecule has 0 aliphatic heterocycles. The van der Waals surface area contributed by atoms with Gasteiger partial charge >= 0.3 is 5.97 Å². The molecule has 0 rings (SSSR count). The molecular weight excluding hydrogens is 196 g/mol. The second-order valence-corrected chi connectivity index (χ2v) is 3.50. The Morgan fingerprint density at radius 2 is 2.07 bits per heavy atom. The van der Waals surface area contributed by atoms with E-state index in [-0.39, 0.29) is 24.8 Å². The highest BCUT2D eigenvalue weighted by Crippen LogP contribution is 2.10. The summed E-state index contributed by atoms with van der Waals surface area (Å²) in [6.45, 7) is 6.16. The first-order valence-corrected chi connectivity index (χ1v) is 5.55. The number of hydrogen-bond donors (Lipinski definition) is 1. The molecule has 0 aliphatic carbocycles. The van der Waals surface area contributed by atoms with E-state index in [1.165, 1.54) is 0 Å². The van der Waals surface area contributed by atoms with Gasteiger partial charge < -0.3 is 14.6 Å². The van der Waals surface area contributed by atoms with Gasteiger partial charge in [0.15, 0.2) is 0 Å². The molecule has 0 aliphatic rings. The first-order valence-electron chi connectivity index (χ1n) is 5.55. The molecule has 0 radical (unpaired) electrons. The Morgan fingerprint density at radius 3 is 2.53 bits per heavy atom. The van der Waals surface area contributed by atoms with Crippen molar-refractivity contribution in [2.45, 2.75) is 52.2 Å². The number of aliphatic hydroxyl groups is 1. The number of carbonyl (C=O) groups is 1. The van der Waals surface area contributed by atoms with Crippen molar-refractivity contribution >= 4 is 5.97 Å². The highest BCUT2D eigenvalue weighted by atomic mass is 16.5. The number of esters is 1. The lowest BCUT2D eigenvalue weighted by molar-refractivity contribution is -0.147. The van der Waals surface area contributed by atoms with E-state index < -0.39 is 0 Å². The van der Waals surface area contributed by atoms with Crippen LogP contribution in [0.1, 0.15) is 40.0 Å². The molecule has 15 heavy (non-hydrogen) atoms. The van der Waals surface area contributed by atoms with Gasteiger partial charge in [-0.1, -0.05) is 6.92 Å². The summed E-state index contributed by atoms with van der Waals surface area (Å²) in [5, 5.41) is 8.72. The summed E-state index contributed by atoms with van der Waals surface area (Å²) in [6, 6.07) is 0. The van der Waals surface area contributed by atoms with Crippen molar-refractivity contribution in [1.29, 1.82) is 0 Å². The number of ether oxygens (including phenoxy) is 2. The highest BCUT2D eigenvalue weighted by Gasteiger charge is 2.16. The van der Waals surface area contributed by atoms with Crippen molar-refractivity contribution in [2.75, 3.05) is 13.2 Å². The lowest BCUT2D eigenvalue weighted by Crippen LogP contribution is -2.24. The third-order valence-corrected chi connectivity index (χ3v) is 2.12. The Bertz CT molecular complexity index is 170. The Hall–Kier alpha value is -0.610. The van der Waals surface area contributed by atoms with Gasteiger partial charge in [-0.2, -0.15) is 0 Å². The van der Waals surface area contributed by atoms with Gasteiger partial charge in [-0.05, 0) is 26.7 Å². The Labute approximate surface area is 91.6 Å². The molecule has 90 valence electrons. The predicted octanol–water partition coefficient (Wildman–Crippen LogP) is 1.51. The number of rotatable bonds is 8. The third-order valence-electron chi connectivity index (χ3n) is 2.12. The normalized spacial score (nSPS) is 14.7. The summed E-state index contributed by atoms with van der Waals surface area (Å²) >= 11 is 0. The zero-order chi connectivity index (χ0) is 11.7. The van der Waals surface area contributed by atoms with Gasteiger partial charge in [-0.25, -0.2) is 0 Å². The Morgan fingerprint density at radius 1 is 1.40 bits per heavy atom. The van der Waals surface area contributed by atoms with Gasteiger partial charge in [0, 0.05) is 6.61 Å². The fraction of sp³-hybridized carbons (Fsp3) is 0.909. The van der Waals surface area contributed by atoms with Crippen LogP contribution in [-0.4, -0.2) is 36.5 Å². The van der Waals surface area contributed by atoms with Crippen molar-refractivity contribution in [1.82, 2.24) is 0 Å². The van der Waals surface area contributed by atoms with E-state index in [1.807, 2.05) is 13.8 Å². The summed E-state index contributed by atoms with van der Waals surface area (Å²) in [5.74, 6) is -0.222. The predicted molar refractivity (Wildman–Crippen MR) is 57.6 cm³/mol. The summed E-state index contributed by atoms with van der Waals surface area (Å²) in [4.78, 5) is 11.2. The minimum Gasteiger partial charge on any atom is -0.466 e. The average Bonchev–Trinajstić information content (AvgIpc) is 2.17. The standard InChI is InChI=1S/C11H22O4/c1-4-10(8-11(13)14-5-2)15-9(3)6-7-12/h9-10,12H,4-8H2,1-3H3/t9-,10+/m0/s1. The van der Waals surface area contributed by atoms with Crippen LogP contribution < -0.4 is 0 Å². The van der Waals surface area contributed by atoms with Gasteiger partial charge in [0.25, 0.3) is 0 Å². The van der Waals surface area contributed by atoms with E-state index in [0.29, 0.717) is 19.4 Å². The lowest BCUT2D eigenvalue weighted by atomic mass is 10.2. The molecule has 0 unspecified atom stereocenters. The zero-order valence-electron chi connectivity index (χ0n) is 9.86. The molecule has 0 fully saturated rings. The zero-order valence-corrected chi connectivity index (χ0v) is 9.86. The van der Waals surface area contributed by atoms with Gasteiger partial charge in [-0.15, -0.1) is 0 Å². The van der Waals surface area contributed by atoms with E-state index in [1.54, 1.807) is 6.92 Å². The van der Waals surface area contributed by atoms with Crippen LogP contribution in [0.4, 0.5) is 0 Å². The van der Waals surface area contributed by atoms with Crippen LogP contribution in [0.3, 0.4) is 0 Å². The molecule has 0 spiro atoms. The smallest absolute Gasteiger partial charge is 0.308 e. The second kappa shape index (κ2) is 8.68. The van der Waals surface area contributed by atoms with E-state index in [4.69, 9.17) is 14.6 Å². The first kappa shape index (κ1) is 14.4. The molecule has 0 amide bonds. The van der Waals surface area contributed by atoms with Crippen molar-refractivity contribution in [2.24, 2.45) is 0 Å². The summed E-state index contributed by atoms with van der Waals surface area (Å²) < 4.78 is 10.4. The molecule has 0 bridgehead atoms. The fourth-order valence-electron chi connectivity index (χ4n) is 1.27. The van der Waals surface area contributed by atoms with Gasteiger partial charge in [0.1, 0.15) is 0 Å². The molecule has 0 aromatic carbocycles. The van der Waals surface area contributed by atoms with Crippen LogP contribution >= 0.6 is 0 Å². The minimum atomic E-state index is -0.222. The molecule has 0 heterocycles. The maximum atomic E-state index is 11.2. The van der Waals surface area contributed by atoms with Crippen LogP contribution in [-0.2, 0) is 14.3 Å². The molecule has 2 atom stereocenters. The van der Waals surface area contributed by atoms with E-state index in [2.05, 4.69) is 0 Å². The van der Waals surface area contributed by atoms with Crippen molar-refractivity contribution in [3.63, 3.8) is 0 Å². The van der Waals surface area contributed by atoms with E-state index in [0.717, 1.165) is 6.42 Å². The lowest BCUT2D eigenvalue weighted by Gasteiger charge is -2.20. The number of aliphatic hydroxyl groups excluding tert-OH is 1. The number of hydrogen-bond acceptors (Lipinski definition) is 4. The SMILES string of the molecule is CCOC(=O)C[C@@H](CC)O[C@@H](C)CCO. The molecule has 4 heteroatoms. The molecule has 0 saturated carbocycles. The Balaban J connectivity index is 3.86. The average molecular weight is 218 g/mol.